The van der Waals surface area contributed by atoms with E-state index in [1.54, 1.807) is 12.1 Å². The zero-order chi connectivity index (χ0) is 17.9. The van der Waals surface area contributed by atoms with E-state index in [2.05, 4.69) is 5.32 Å². The zero-order valence-corrected chi connectivity index (χ0v) is 12.8. The quantitative estimate of drug-likeness (QED) is 0.501. The molecule has 5 N–H and O–H groups in total. The maximum atomic E-state index is 11.8. The van der Waals surface area contributed by atoms with Crippen LogP contribution in [0.4, 0.5) is 10.5 Å². The summed E-state index contributed by atoms with van der Waals surface area (Å²) in [7, 11) is 0. The first-order valence-corrected chi connectivity index (χ1v) is 7.32. The van der Waals surface area contributed by atoms with Crippen molar-refractivity contribution >= 4 is 17.7 Å². The molecule has 1 aromatic rings. The summed E-state index contributed by atoms with van der Waals surface area (Å²) in [6.45, 7) is 1.98. The lowest BCUT2D eigenvalue weighted by Crippen LogP contribution is -2.60. The van der Waals surface area contributed by atoms with E-state index < -0.39 is 42.8 Å². The molecule has 0 bridgehead atoms. The fraction of sp³-hybridized carbons (Fsp3) is 0.467. The maximum Gasteiger partial charge on any atom is 0.414 e. The first kappa shape index (κ1) is 18.1. The molecule has 5 unspecified atom stereocenters. The van der Waals surface area contributed by atoms with E-state index in [-0.39, 0.29) is 0 Å². The number of ether oxygens (including phenoxy) is 2. The van der Waals surface area contributed by atoms with E-state index in [1.165, 1.54) is 0 Å². The van der Waals surface area contributed by atoms with Crippen LogP contribution in [0.3, 0.4) is 0 Å². The predicted molar refractivity (Wildman–Crippen MR) is 80.2 cm³/mol. The maximum absolute atomic E-state index is 11.8. The number of hydrogen-bond donors (Lipinski definition) is 5. The highest BCUT2D eigenvalue weighted by atomic mass is 16.7. The van der Waals surface area contributed by atoms with Crippen LogP contribution >= 0.6 is 0 Å². The SMILES string of the molecule is CCc1ccc(NC(=O)OC2OC(C(=O)O)C(O)C(O)C2O)cc1. The summed E-state index contributed by atoms with van der Waals surface area (Å²) in [6, 6.07) is 6.91. The van der Waals surface area contributed by atoms with Crippen molar-refractivity contribution in [2.75, 3.05) is 5.32 Å². The molecule has 2 rings (SSSR count). The Balaban J connectivity index is 1.99. The van der Waals surface area contributed by atoms with E-state index in [0.717, 1.165) is 12.0 Å². The van der Waals surface area contributed by atoms with Crippen LogP contribution in [0.1, 0.15) is 12.5 Å². The normalized spacial score (nSPS) is 29.8. The van der Waals surface area contributed by atoms with Gasteiger partial charge in [-0.1, -0.05) is 19.1 Å². The minimum atomic E-state index is -1.85. The molecule has 24 heavy (non-hydrogen) atoms. The van der Waals surface area contributed by atoms with E-state index in [4.69, 9.17) is 14.6 Å². The summed E-state index contributed by atoms with van der Waals surface area (Å²) >= 11 is 0. The second-order valence-corrected chi connectivity index (χ2v) is 5.32. The molecule has 1 heterocycles. The highest BCUT2D eigenvalue weighted by molar-refractivity contribution is 5.84. The van der Waals surface area contributed by atoms with Gasteiger partial charge in [-0.15, -0.1) is 0 Å². The van der Waals surface area contributed by atoms with Gasteiger partial charge in [0.1, 0.15) is 18.3 Å². The van der Waals surface area contributed by atoms with Crippen LogP contribution in [0, 0.1) is 0 Å². The number of carbonyl (C=O) groups excluding carboxylic acids is 1. The number of aliphatic carboxylic acids is 1. The molecule has 9 heteroatoms. The summed E-state index contributed by atoms with van der Waals surface area (Å²) in [4.78, 5) is 22.8. The Hall–Kier alpha value is -2.20. The topological polar surface area (TPSA) is 146 Å². The van der Waals surface area contributed by atoms with Crippen LogP contribution < -0.4 is 5.32 Å². The average molecular weight is 341 g/mol. The first-order valence-electron chi connectivity index (χ1n) is 7.32. The van der Waals surface area contributed by atoms with Crippen molar-refractivity contribution < 1.29 is 39.5 Å². The minimum Gasteiger partial charge on any atom is -0.479 e. The summed E-state index contributed by atoms with van der Waals surface area (Å²) in [6.07, 6.45) is -9.20. The van der Waals surface area contributed by atoms with Crippen LogP contribution in [0.2, 0.25) is 0 Å². The van der Waals surface area contributed by atoms with Gasteiger partial charge in [-0.2, -0.15) is 0 Å². The summed E-state index contributed by atoms with van der Waals surface area (Å²) in [5.41, 5.74) is 1.50. The van der Waals surface area contributed by atoms with Crippen LogP contribution in [0.25, 0.3) is 0 Å². The zero-order valence-electron chi connectivity index (χ0n) is 12.8. The van der Waals surface area contributed by atoms with Crippen molar-refractivity contribution in [3.8, 4) is 0 Å². The molecule has 1 aliphatic heterocycles. The Bertz CT molecular complexity index is 590. The number of aliphatic hydroxyl groups is 3. The van der Waals surface area contributed by atoms with E-state index >= 15 is 0 Å². The number of carboxylic acid groups (broad SMARTS) is 1. The molecule has 0 aliphatic carbocycles. The van der Waals surface area contributed by atoms with Gasteiger partial charge in [-0.3, -0.25) is 5.32 Å². The van der Waals surface area contributed by atoms with Gasteiger partial charge in [0.2, 0.25) is 6.29 Å². The van der Waals surface area contributed by atoms with Crippen LogP contribution in [0.15, 0.2) is 24.3 Å². The monoisotopic (exact) mass is 341 g/mol. The third-order valence-electron chi connectivity index (χ3n) is 3.64. The first-order chi connectivity index (χ1) is 11.3. The number of hydrogen-bond acceptors (Lipinski definition) is 7. The number of aryl methyl sites for hydroxylation is 1. The average Bonchev–Trinajstić information content (AvgIpc) is 2.55. The van der Waals surface area contributed by atoms with Crippen molar-refractivity contribution in [1.82, 2.24) is 0 Å². The van der Waals surface area contributed by atoms with Gasteiger partial charge in [0.05, 0.1) is 0 Å². The van der Waals surface area contributed by atoms with Crippen molar-refractivity contribution in [1.29, 1.82) is 0 Å². The number of carbonyl (C=O) groups is 2. The van der Waals surface area contributed by atoms with Gasteiger partial charge in [0.15, 0.2) is 6.10 Å². The molecule has 1 aromatic carbocycles. The molecule has 0 radical (unpaired) electrons. The summed E-state index contributed by atoms with van der Waals surface area (Å²) in [5.74, 6) is -1.56. The standard InChI is InChI=1S/C15H19NO8/c1-2-7-3-5-8(6-4-7)16-15(22)24-14-11(19)9(17)10(18)12(23-14)13(20)21/h3-6,9-12,14,17-19H,2H2,1H3,(H,16,22)(H,20,21). The van der Waals surface area contributed by atoms with Gasteiger partial charge in [0, 0.05) is 5.69 Å². The van der Waals surface area contributed by atoms with Crippen molar-refractivity contribution in [3.63, 3.8) is 0 Å². The van der Waals surface area contributed by atoms with Gasteiger partial charge in [-0.05, 0) is 24.1 Å². The van der Waals surface area contributed by atoms with Crippen LogP contribution in [-0.4, -0.2) is 63.2 Å². The molecular formula is C15H19NO8. The molecule has 9 nitrogen and oxygen atoms in total. The molecular weight excluding hydrogens is 322 g/mol. The molecule has 5 atom stereocenters. The summed E-state index contributed by atoms with van der Waals surface area (Å²) in [5, 5.41) is 40.2. The number of nitrogens with one attached hydrogen (secondary N) is 1. The minimum absolute atomic E-state index is 0.429. The van der Waals surface area contributed by atoms with Gasteiger partial charge in [-0.25, -0.2) is 9.59 Å². The molecule has 0 spiro atoms. The van der Waals surface area contributed by atoms with E-state index in [0.29, 0.717) is 5.69 Å². The Morgan fingerprint density at radius 2 is 1.75 bits per heavy atom. The number of rotatable bonds is 4. The van der Waals surface area contributed by atoms with Gasteiger partial charge < -0.3 is 29.9 Å². The second-order valence-electron chi connectivity index (χ2n) is 5.32. The number of benzene rings is 1. The molecule has 1 aliphatic rings. The van der Waals surface area contributed by atoms with Gasteiger partial charge in [0.25, 0.3) is 0 Å². The molecule has 1 saturated heterocycles. The lowest BCUT2D eigenvalue weighted by atomic mass is 9.99. The lowest BCUT2D eigenvalue weighted by molar-refractivity contribution is -0.277. The number of anilines is 1. The van der Waals surface area contributed by atoms with Crippen molar-refractivity contribution in [2.45, 2.75) is 44.1 Å². The lowest BCUT2D eigenvalue weighted by Gasteiger charge is -2.37. The molecule has 1 amide bonds. The van der Waals surface area contributed by atoms with Crippen molar-refractivity contribution in [2.24, 2.45) is 0 Å². The highest BCUT2D eigenvalue weighted by Gasteiger charge is 2.48. The highest BCUT2D eigenvalue weighted by Crippen LogP contribution is 2.23. The van der Waals surface area contributed by atoms with Crippen LogP contribution in [0.5, 0.6) is 0 Å². The number of amides is 1. The molecule has 132 valence electrons. The predicted octanol–water partition coefficient (Wildman–Crippen LogP) is -0.310. The van der Waals surface area contributed by atoms with Gasteiger partial charge >= 0.3 is 12.1 Å². The number of aliphatic hydroxyl groups excluding tert-OH is 3. The van der Waals surface area contributed by atoms with E-state index in [1.807, 2.05) is 19.1 Å². The Morgan fingerprint density at radius 3 is 2.29 bits per heavy atom. The van der Waals surface area contributed by atoms with E-state index in [9.17, 15) is 24.9 Å². The fourth-order valence-electron chi connectivity index (χ4n) is 2.23. The van der Waals surface area contributed by atoms with Crippen LogP contribution in [-0.2, 0) is 20.7 Å². The smallest absolute Gasteiger partial charge is 0.414 e. The molecule has 1 fully saturated rings. The number of carboxylic acids is 1. The fourth-order valence-corrected chi connectivity index (χ4v) is 2.23. The Labute approximate surface area is 137 Å². The van der Waals surface area contributed by atoms with Crippen molar-refractivity contribution in [3.05, 3.63) is 29.8 Å². The second kappa shape index (κ2) is 7.58. The Morgan fingerprint density at radius 1 is 1.12 bits per heavy atom. The summed E-state index contributed by atoms with van der Waals surface area (Å²) < 4.78 is 9.65. The third-order valence-corrected chi connectivity index (χ3v) is 3.64. The molecule has 0 aromatic heterocycles. The third kappa shape index (κ3) is 4.01. The Kier molecular flexibility index (Phi) is 5.73. The largest absolute Gasteiger partial charge is 0.479 e. The molecule has 0 saturated carbocycles.